The highest BCUT2D eigenvalue weighted by molar-refractivity contribution is 9.09. The highest BCUT2D eigenvalue weighted by Gasteiger charge is 2.42. The molecule has 0 nitrogen and oxygen atoms in total. The van der Waals surface area contributed by atoms with Gasteiger partial charge in [-0.15, -0.1) is 0 Å². The van der Waals surface area contributed by atoms with Crippen LogP contribution in [0.3, 0.4) is 0 Å². The fourth-order valence-electron chi connectivity index (χ4n) is 4.77. The van der Waals surface area contributed by atoms with Gasteiger partial charge in [-0.2, -0.15) is 0 Å². The average molecular weight is 331 g/mol. The second kappa shape index (κ2) is 7.47. The minimum absolute atomic E-state index is 0.868. The van der Waals surface area contributed by atoms with Gasteiger partial charge in [0.25, 0.3) is 0 Å². The van der Waals surface area contributed by atoms with Gasteiger partial charge < -0.3 is 0 Å². The Bertz CT molecular complexity index is 227. The molecule has 1 heterocycles. The van der Waals surface area contributed by atoms with Crippen LogP contribution in [0.1, 0.15) is 64.7 Å². The summed E-state index contributed by atoms with van der Waals surface area (Å²) in [6.45, 7) is 2.43. The second-order valence-electron chi connectivity index (χ2n) is 6.87. The van der Waals surface area contributed by atoms with Crippen LogP contribution in [0.4, 0.5) is 0 Å². The maximum Gasteiger partial charge on any atom is 0.0567 e. The van der Waals surface area contributed by atoms with Crippen molar-refractivity contribution >= 4 is 24.0 Å². The van der Waals surface area contributed by atoms with Gasteiger partial charge in [-0.1, -0.05) is 92.4 Å². The van der Waals surface area contributed by atoms with Gasteiger partial charge in [-0.25, -0.2) is 0 Å². The van der Waals surface area contributed by atoms with Gasteiger partial charge in [0.2, 0.25) is 0 Å². The van der Waals surface area contributed by atoms with E-state index in [0.29, 0.717) is 0 Å². The number of alkyl halides is 1. The quantitative estimate of drug-likeness (QED) is 0.405. The molecule has 2 rings (SSSR count). The van der Waals surface area contributed by atoms with E-state index >= 15 is 0 Å². The minimum Gasteiger partial charge on any atom is -0.0928 e. The van der Waals surface area contributed by atoms with Crippen molar-refractivity contribution in [2.45, 2.75) is 88.4 Å². The summed E-state index contributed by atoms with van der Waals surface area (Å²) in [7, 11) is -0.868. The van der Waals surface area contributed by atoms with E-state index in [-0.39, 0.29) is 0 Å². The van der Waals surface area contributed by atoms with Gasteiger partial charge in [0, 0.05) is 5.33 Å². The Morgan fingerprint density at radius 2 is 1.67 bits per heavy atom. The largest absolute Gasteiger partial charge is 0.0928 e. The lowest BCUT2D eigenvalue weighted by atomic mass is 9.99. The van der Waals surface area contributed by atoms with E-state index in [4.69, 9.17) is 0 Å². The lowest BCUT2D eigenvalue weighted by molar-refractivity contribution is 0.430. The van der Waals surface area contributed by atoms with Crippen LogP contribution in [0.2, 0.25) is 23.7 Å². The smallest absolute Gasteiger partial charge is 0.0567 e. The molecule has 18 heavy (non-hydrogen) atoms. The second-order valence-corrected chi connectivity index (χ2v) is 12.7. The van der Waals surface area contributed by atoms with Crippen molar-refractivity contribution in [2.75, 3.05) is 5.33 Å². The number of halogens is 1. The first-order chi connectivity index (χ1) is 8.80. The number of rotatable bonds is 5. The van der Waals surface area contributed by atoms with Crippen molar-refractivity contribution in [3.8, 4) is 0 Å². The zero-order valence-corrected chi connectivity index (χ0v) is 14.8. The molecule has 0 spiro atoms. The zero-order valence-electron chi connectivity index (χ0n) is 12.2. The molecule has 0 amide bonds. The fourth-order valence-corrected chi connectivity index (χ4v) is 12.0. The Morgan fingerprint density at radius 3 is 2.22 bits per heavy atom. The Balaban J connectivity index is 1.95. The molecule has 0 aromatic heterocycles. The molecule has 0 radical (unpaired) electrons. The summed E-state index contributed by atoms with van der Waals surface area (Å²) in [5, 5.41) is 1.23. The Hall–Kier alpha value is 0.697. The van der Waals surface area contributed by atoms with Gasteiger partial charge in [-0.3, -0.25) is 0 Å². The van der Waals surface area contributed by atoms with Crippen LogP contribution in [0, 0.1) is 5.92 Å². The van der Waals surface area contributed by atoms with E-state index in [2.05, 4.69) is 22.9 Å². The maximum atomic E-state index is 3.63. The molecule has 106 valence electrons. The van der Waals surface area contributed by atoms with Crippen LogP contribution < -0.4 is 0 Å². The first-order valence-corrected chi connectivity index (χ1v) is 12.2. The van der Waals surface area contributed by atoms with Crippen LogP contribution in [0.15, 0.2) is 0 Å². The third-order valence-electron chi connectivity index (χ3n) is 5.84. The molecule has 2 aliphatic rings. The van der Waals surface area contributed by atoms with Gasteiger partial charge >= 0.3 is 0 Å². The third-order valence-corrected chi connectivity index (χ3v) is 12.7. The standard InChI is InChI=1S/C16H31BrSi/c1-2-12-18(16-6-4-3-5-7-16)13-9-15(8-11-17)10-14-18/h15-16H,2-14H2,1H3. The maximum absolute atomic E-state index is 3.63. The number of hydrogen-bond donors (Lipinski definition) is 0. The molecule has 2 fully saturated rings. The van der Waals surface area contributed by atoms with Gasteiger partial charge in [-0.05, 0) is 17.9 Å². The Labute approximate surface area is 123 Å². The molecule has 1 aliphatic carbocycles. The molecule has 2 heteroatoms. The van der Waals surface area contributed by atoms with Crippen molar-refractivity contribution in [3.63, 3.8) is 0 Å². The molecular formula is C16H31BrSi. The molecule has 1 aliphatic heterocycles. The highest BCUT2D eigenvalue weighted by Crippen LogP contribution is 2.49. The molecular weight excluding hydrogens is 300 g/mol. The normalized spacial score (nSPS) is 34.7. The molecule has 0 N–H and O–H groups in total. The van der Waals surface area contributed by atoms with Crippen LogP contribution in [-0.4, -0.2) is 13.4 Å². The van der Waals surface area contributed by atoms with E-state index in [1.165, 1.54) is 30.1 Å². The van der Waals surface area contributed by atoms with E-state index < -0.39 is 8.07 Å². The van der Waals surface area contributed by atoms with Crippen LogP contribution in [0.25, 0.3) is 0 Å². The zero-order chi connectivity index (χ0) is 12.8. The Kier molecular flexibility index (Phi) is 6.26. The molecule has 0 atom stereocenters. The first-order valence-electron chi connectivity index (χ1n) is 8.36. The van der Waals surface area contributed by atoms with Crippen LogP contribution in [-0.2, 0) is 0 Å². The lowest BCUT2D eigenvalue weighted by Gasteiger charge is -2.46. The SMILES string of the molecule is CCC[Si]1(C2CCCCC2)CCC(CCBr)CC1. The minimum atomic E-state index is -0.868. The monoisotopic (exact) mass is 330 g/mol. The van der Waals surface area contributed by atoms with Crippen molar-refractivity contribution < 1.29 is 0 Å². The highest BCUT2D eigenvalue weighted by atomic mass is 79.9. The first kappa shape index (κ1) is 15.1. The van der Waals surface area contributed by atoms with Crippen molar-refractivity contribution in [1.82, 2.24) is 0 Å². The van der Waals surface area contributed by atoms with Crippen LogP contribution >= 0.6 is 15.9 Å². The van der Waals surface area contributed by atoms with E-state index in [1.807, 2.05) is 0 Å². The summed E-state index contributed by atoms with van der Waals surface area (Å²) in [5.41, 5.74) is 1.22. The summed E-state index contributed by atoms with van der Waals surface area (Å²) >= 11 is 3.63. The average Bonchev–Trinajstić information content (AvgIpc) is 2.43. The predicted molar refractivity (Wildman–Crippen MR) is 88.4 cm³/mol. The molecule has 1 saturated heterocycles. The fraction of sp³-hybridized carbons (Fsp3) is 1.00. The summed E-state index contributed by atoms with van der Waals surface area (Å²) < 4.78 is 0. The van der Waals surface area contributed by atoms with Crippen molar-refractivity contribution in [2.24, 2.45) is 5.92 Å². The van der Waals surface area contributed by atoms with E-state index in [0.717, 1.165) is 5.92 Å². The van der Waals surface area contributed by atoms with Crippen molar-refractivity contribution in [3.05, 3.63) is 0 Å². The third kappa shape index (κ3) is 3.62. The van der Waals surface area contributed by atoms with E-state index in [9.17, 15) is 0 Å². The molecule has 1 saturated carbocycles. The molecule has 0 aromatic carbocycles. The van der Waals surface area contributed by atoms with E-state index in [1.54, 1.807) is 56.7 Å². The lowest BCUT2D eigenvalue weighted by Crippen LogP contribution is -2.43. The molecule has 0 aromatic rings. The number of hydrogen-bond acceptors (Lipinski definition) is 0. The molecule has 0 bridgehead atoms. The van der Waals surface area contributed by atoms with Gasteiger partial charge in [0.1, 0.15) is 0 Å². The predicted octanol–water partition coefficient (Wildman–Crippen LogP) is 6.37. The van der Waals surface area contributed by atoms with Gasteiger partial charge in [0.15, 0.2) is 0 Å². The summed E-state index contributed by atoms with van der Waals surface area (Å²) in [4.78, 5) is 0. The summed E-state index contributed by atoms with van der Waals surface area (Å²) in [5.74, 6) is 1.06. The molecule has 0 unspecified atom stereocenters. The topological polar surface area (TPSA) is 0 Å². The summed E-state index contributed by atoms with van der Waals surface area (Å²) in [6.07, 6.45) is 13.9. The van der Waals surface area contributed by atoms with Crippen LogP contribution in [0.5, 0.6) is 0 Å². The van der Waals surface area contributed by atoms with Crippen molar-refractivity contribution in [1.29, 1.82) is 0 Å². The Morgan fingerprint density at radius 1 is 1.00 bits per heavy atom. The van der Waals surface area contributed by atoms with Gasteiger partial charge in [0.05, 0.1) is 8.07 Å². The summed E-state index contributed by atoms with van der Waals surface area (Å²) in [6, 6.07) is 5.02.